The van der Waals surface area contributed by atoms with Gasteiger partial charge in [-0.1, -0.05) is 17.7 Å². The predicted octanol–water partition coefficient (Wildman–Crippen LogP) is 4.01. The molecule has 3 aromatic rings. The van der Waals surface area contributed by atoms with Gasteiger partial charge < -0.3 is 19.9 Å². The monoisotopic (exact) mass is 448 g/mol. The first-order valence-electron chi connectivity index (χ1n) is 11.6. The van der Waals surface area contributed by atoms with E-state index in [0.29, 0.717) is 31.8 Å². The van der Waals surface area contributed by atoms with Crippen LogP contribution in [0, 0.1) is 19.3 Å². The SMILES string of the molecule is Cc1ccc(OCCCNC(=O)[C@@]2(C)CCCN(C(=O)c3ccc4nc(C)[nH]c4c3)C2)cc1. The Morgan fingerprint density at radius 1 is 1.18 bits per heavy atom. The summed E-state index contributed by atoms with van der Waals surface area (Å²) in [4.78, 5) is 35.5. The van der Waals surface area contributed by atoms with Gasteiger partial charge in [0.1, 0.15) is 11.6 Å². The third kappa shape index (κ3) is 5.35. The number of imidazole rings is 1. The maximum absolute atomic E-state index is 13.2. The number of likely N-dealkylation sites (tertiary alicyclic amines) is 1. The molecule has 0 unspecified atom stereocenters. The fraction of sp³-hybridized carbons (Fsp3) is 0.423. The highest BCUT2D eigenvalue weighted by Gasteiger charge is 2.39. The minimum absolute atomic E-state index is 0.00465. The lowest BCUT2D eigenvalue weighted by Gasteiger charge is -2.39. The zero-order valence-electron chi connectivity index (χ0n) is 19.6. The first-order chi connectivity index (χ1) is 15.8. The summed E-state index contributed by atoms with van der Waals surface area (Å²) >= 11 is 0. The number of hydrogen-bond acceptors (Lipinski definition) is 4. The minimum atomic E-state index is -0.597. The fourth-order valence-corrected chi connectivity index (χ4v) is 4.36. The molecule has 1 aromatic heterocycles. The van der Waals surface area contributed by atoms with Gasteiger partial charge in [-0.15, -0.1) is 0 Å². The number of rotatable bonds is 7. The van der Waals surface area contributed by atoms with E-state index in [1.54, 1.807) is 4.90 Å². The molecule has 1 fully saturated rings. The van der Waals surface area contributed by atoms with Crippen molar-refractivity contribution in [2.45, 2.75) is 40.0 Å². The molecule has 33 heavy (non-hydrogen) atoms. The first kappa shape index (κ1) is 22.8. The quantitative estimate of drug-likeness (QED) is 0.535. The smallest absolute Gasteiger partial charge is 0.253 e. The number of aromatic amines is 1. The molecule has 0 spiro atoms. The maximum Gasteiger partial charge on any atom is 0.253 e. The van der Waals surface area contributed by atoms with E-state index < -0.39 is 5.41 Å². The van der Waals surface area contributed by atoms with E-state index >= 15 is 0 Å². The van der Waals surface area contributed by atoms with Crippen molar-refractivity contribution >= 4 is 22.8 Å². The molecular weight excluding hydrogens is 416 g/mol. The Morgan fingerprint density at radius 3 is 2.76 bits per heavy atom. The van der Waals surface area contributed by atoms with Crippen molar-refractivity contribution in [1.29, 1.82) is 0 Å². The van der Waals surface area contributed by atoms with Crippen LogP contribution in [-0.4, -0.2) is 52.9 Å². The summed E-state index contributed by atoms with van der Waals surface area (Å²) in [6.45, 7) is 8.05. The van der Waals surface area contributed by atoms with Crippen molar-refractivity contribution in [2.24, 2.45) is 5.41 Å². The number of nitrogens with one attached hydrogen (secondary N) is 2. The lowest BCUT2D eigenvalue weighted by molar-refractivity contribution is -0.132. The molecule has 2 heterocycles. The molecule has 2 N–H and O–H groups in total. The summed E-state index contributed by atoms with van der Waals surface area (Å²) in [7, 11) is 0. The predicted molar refractivity (Wildman–Crippen MR) is 128 cm³/mol. The van der Waals surface area contributed by atoms with Gasteiger partial charge >= 0.3 is 0 Å². The third-order valence-corrected chi connectivity index (χ3v) is 6.28. The van der Waals surface area contributed by atoms with Crippen LogP contribution in [0.2, 0.25) is 0 Å². The van der Waals surface area contributed by atoms with Crippen LogP contribution in [-0.2, 0) is 4.79 Å². The second-order valence-electron chi connectivity index (χ2n) is 9.22. The number of H-pyrrole nitrogens is 1. The van der Waals surface area contributed by atoms with E-state index in [1.807, 2.05) is 63.2 Å². The van der Waals surface area contributed by atoms with Crippen molar-refractivity contribution in [2.75, 3.05) is 26.2 Å². The molecule has 0 saturated carbocycles. The first-order valence-corrected chi connectivity index (χ1v) is 11.6. The van der Waals surface area contributed by atoms with E-state index in [1.165, 1.54) is 5.56 Å². The lowest BCUT2D eigenvalue weighted by Crippen LogP contribution is -2.52. The van der Waals surface area contributed by atoms with E-state index in [9.17, 15) is 9.59 Å². The average molecular weight is 449 g/mol. The van der Waals surface area contributed by atoms with Gasteiger partial charge in [0.2, 0.25) is 5.91 Å². The summed E-state index contributed by atoms with van der Waals surface area (Å²) < 4.78 is 5.73. The summed E-state index contributed by atoms with van der Waals surface area (Å²) in [5.41, 5.74) is 2.91. The van der Waals surface area contributed by atoms with Gasteiger partial charge in [0.15, 0.2) is 0 Å². The number of benzene rings is 2. The standard InChI is InChI=1S/C26H32N4O3/c1-18-6-9-21(10-7-18)33-15-5-13-27-25(32)26(3)12-4-14-30(17-26)24(31)20-8-11-22-23(16-20)29-19(2)28-22/h6-11,16H,4-5,12-15,17H2,1-3H3,(H,27,32)(H,28,29)/t26-/m0/s1. The van der Waals surface area contributed by atoms with Crippen LogP contribution in [0.25, 0.3) is 11.0 Å². The molecule has 1 aliphatic rings. The molecule has 1 atom stereocenters. The van der Waals surface area contributed by atoms with Crippen molar-refractivity contribution < 1.29 is 14.3 Å². The minimum Gasteiger partial charge on any atom is -0.494 e. The molecule has 7 nitrogen and oxygen atoms in total. The Morgan fingerprint density at radius 2 is 1.97 bits per heavy atom. The van der Waals surface area contributed by atoms with E-state index in [2.05, 4.69) is 15.3 Å². The number of carbonyl (C=O) groups excluding carboxylic acids is 2. The van der Waals surface area contributed by atoms with Gasteiger partial charge in [-0.2, -0.15) is 0 Å². The van der Waals surface area contributed by atoms with Crippen molar-refractivity contribution in [3.8, 4) is 5.75 Å². The van der Waals surface area contributed by atoms with Crippen LogP contribution < -0.4 is 10.1 Å². The van der Waals surface area contributed by atoms with Crippen LogP contribution in [0.1, 0.15) is 47.9 Å². The molecule has 0 radical (unpaired) electrons. The molecule has 1 aliphatic heterocycles. The maximum atomic E-state index is 13.2. The van der Waals surface area contributed by atoms with Gasteiger partial charge in [0.25, 0.3) is 5.91 Å². The van der Waals surface area contributed by atoms with E-state index in [0.717, 1.165) is 41.9 Å². The number of ether oxygens (including phenoxy) is 1. The number of piperidine rings is 1. The average Bonchev–Trinajstić information content (AvgIpc) is 3.18. The molecule has 0 aliphatic carbocycles. The van der Waals surface area contributed by atoms with Gasteiger partial charge in [-0.05, 0) is 70.4 Å². The summed E-state index contributed by atoms with van der Waals surface area (Å²) in [5, 5.41) is 3.04. The normalized spacial score (nSPS) is 18.3. The number of nitrogens with zero attached hydrogens (tertiary/aromatic N) is 2. The fourth-order valence-electron chi connectivity index (χ4n) is 4.36. The summed E-state index contributed by atoms with van der Waals surface area (Å²) in [6, 6.07) is 13.5. The number of aromatic nitrogens is 2. The van der Waals surface area contributed by atoms with E-state index in [4.69, 9.17) is 4.74 Å². The number of fused-ring (bicyclic) bond motifs is 1. The molecular formula is C26H32N4O3. The number of aryl methyl sites for hydroxylation is 2. The Hall–Kier alpha value is -3.35. The zero-order valence-corrected chi connectivity index (χ0v) is 19.6. The van der Waals surface area contributed by atoms with Crippen molar-refractivity contribution in [3.63, 3.8) is 0 Å². The van der Waals surface area contributed by atoms with Crippen LogP contribution >= 0.6 is 0 Å². The second-order valence-corrected chi connectivity index (χ2v) is 9.22. The summed E-state index contributed by atoms with van der Waals surface area (Å²) in [6.07, 6.45) is 2.29. The Bertz CT molecular complexity index is 1140. The molecule has 2 aromatic carbocycles. The van der Waals surface area contributed by atoms with E-state index in [-0.39, 0.29) is 11.8 Å². The Balaban J connectivity index is 1.29. The van der Waals surface area contributed by atoms with Crippen LogP contribution in [0.4, 0.5) is 0 Å². The second kappa shape index (κ2) is 9.65. The topological polar surface area (TPSA) is 87.3 Å². The Labute approximate surface area is 194 Å². The van der Waals surface area contributed by atoms with Gasteiger partial charge in [-0.3, -0.25) is 9.59 Å². The highest BCUT2D eigenvalue weighted by atomic mass is 16.5. The molecule has 4 rings (SSSR count). The molecule has 174 valence electrons. The molecule has 2 amide bonds. The lowest BCUT2D eigenvalue weighted by atomic mass is 9.80. The van der Waals surface area contributed by atoms with Crippen LogP contribution in [0.5, 0.6) is 5.75 Å². The molecule has 0 bridgehead atoms. The van der Waals surface area contributed by atoms with Crippen LogP contribution in [0.15, 0.2) is 42.5 Å². The third-order valence-electron chi connectivity index (χ3n) is 6.28. The number of carbonyl (C=O) groups is 2. The zero-order chi connectivity index (χ0) is 23.4. The molecule has 7 heteroatoms. The molecule has 1 saturated heterocycles. The van der Waals surface area contributed by atoms with Crippen molar-refractivity contribution in [1.82, 2.24) is 20.2 Å². The highest BCUT2D eigenvalue weighted by Crippen LogP contribution is 2.31. The van der Waals surface area contributed by atoms with Crippen molar-refractivity contribution in [3.05, 3.63) is 59.4 Å². The largest absolute Gasteiger partial charge is 0.494 e. The number of amides is 2. The summed E-state index contributed by atoms with van der Waals surface area (Å²) in [5.74, 6) is 1.61. The highest BCUT2D eigenvalue weighted by molar-refractivity contribution is 5.98. The van der Waals surface area contributed by atoms with Gasteiger partial charge in [-0.25, -0.2) is 4.98 Å². The van der Waals surface area contributed by atoms with Crippen LogP contribution in [0.3, 0.4) is 0 Å². The van der Waals surface area contributed by atoms with Gasteiger partial charge in [0.05, 0.1) is 23.1 Å². The Kier molecular flexibility index (Phi) is 6.67. The number of hydrogen-bond donors (Lipinski definition) is 2. The van der Waals surface area contributed by atoms with Gasteiger partial charge in [0, 0.05) is 25.2 Å².